The number of hydrogen-bond acceptors (Lipinski definition) is 6. The Hall–Kier alpha value is -4.19. The van der Waals surface area contributed by atoms with Crippen LogP contribution in [0, 0.1) is 5.82 Å². The predicted molar refractivity (Wildman–Crippen MR) is 190 cm³/mol. The standard InChI is InChI=1S/C34H24Cl3FN4O3S2/c1-19(31(43)42-34-41-30(18-46-34)24-15-10-21(35)16-27(24)37)47-23-13-11-22(12-14-23)39-33(45)29(17-25-26(36)8-5-9-28(25)38)40-32(44)20-6-3-2-4-7-20/h2-19H,1H3,(H,39,45)(H,40,44)(H,41,42,43)/b29-17-. The van der Waals surface area contributed by atoms with Crippen LogP contribution in [0.5, 0.6) is 0 Å². The Labute approximate surface area is 293 Å². The van der Waals surface area contributed by atoms with Crippen molar-refractivity contribution in [1.29, 1.82) is 0 Å². The molecule has 0 aliphatic carbocycles. The molecule has 13 heteroatoms. The van der Waals surface area contributed by atoms with Crippen LogP contribution in [0.3, 0.4) is 0 Å². The van der Waals surface area contributed by atoms with Crippen molar-refractivity contribution >= 4 is 92.5 Å². The van der Waals surface area contributed by atoms with Crippen molar-refractivity contribution in [2.75, 3.05) is 10.6 Å². The summed E-state index contributed by atoms with van der Waals surface area (Å²) >= 11 is 21.1. The number of thioether (sulfide) groups is 1. The summed E-state index contributed by atoms with van der Waals surface area (Å²) < 4.78 is 14.6. The molecule has 4 aromatic carbocycles. The van der Waals surface area contributed by atoms with E-state index in [0.717, 1.165) is 4.90 Å². The zero-order valence-electron chi connectivity index (χ0n) is 24.4. The van der Waals surface area contributed by atoms with Gasteiger partial charge in [-0.1, -0.05) is 59.1 Å². The predicted octanol–water partition coefficient (Wildman–Crippen LogP) is 9.44. The monoisotopic (exact) mass is 724 g/mol. The highest BCUT2D eigenvalue weighted by Crippen LogP contribution is 2.33. The summed E-state index contributed by atoms with van der Waals surface area (Å²) in [6.07, 6.45) is 1.19. The van der Waals surface area contributed by atoms with Gasteiger partial charge < -0.3 is 16.0 Å². The van der Waals surface area contributed by atoms with Crippen LogP contribution in [0.1, 0.15) is 22.8 Å². The molecule has 1 heterocycles. The summed E-state index contributed by atoms with van der Waals surface area (Å²) in [6, 6.07) is 24.3. The quantitative estimate of drug-likeness (QED) is 0.0984. The Kier molecular flexibility index (Phi) is 11.3. The molecule has 0 aliphatic heterocycles. The maximum Gasteiger partial charge on any atom is 0.272 e. The summed E-state index contributed by atoms with van der Waals surface area (Å²) in [5.74, 6) is -2.14. The maximum absolute atomic E-state index is 14.6. The molecule has 0 fully saturated rings. The Bertz CT molecular complexity index is 1950. The fraction of sp³-hybridized carbons (Fsp3) is 0.0588. The average molecular weight is 726 g/mol. The molecule has 5 rings (SSSR count). The van der Waals surface area contributed by atoms with Crippen molar-refractivity contribution < 1.29 is 18.8 Å². The number of hydrogen-bond donors (Lipinski definition) is 3. The number of nitrogens with one attached hydrogen (secondary N) is 3. The number of amides is 3. The molecule has 0 radical (unpaired) electrons. The van der Waals surface area contributed by atoms with E-state index in [0.29, 0.717) is 37.7 Å². The third-order valence-corrected chi connectivity index (χ3v) is 9.30. The molecule has 7 nitrogen and oxygen atoms in total. The zero-order valence-corrected chi connectivity index (χ0v) is 28.3. The number of nitrogens with zero attached hydrogens (tertiary/aromatic N) is 1. The summed E-state index contributed by atoms with van der Waals surface area (Å²) in [6.45, 7) is 1.76. The number of thiazole rings is 1. The number of benzene rings is 4. The normalized spacial score (nSPS) is 11.9. The lowest BCUT2D eigenvalue weighted by molar-refractivity contribution is -0.115. The second-order valence-electron chi connectivity index (χ2n) is 9.90. The van der Waals surface area contributed by atoms with Gasteiger partial charge in [-0.2, -0.15) is 0 Å². The van der Waals surface area contributed by atoms with Gasteiger partial charge in [-0.05, 0) is 79.7 Å². The lowest BCUT2D eigenvalue weighted by Gasteiger charge is -2.13. The molecule has 47 heavy (non-hydrogen) atoms. The Morgan fingerprint density at radius 2 is 1.64 bits per heavy atom. The van der Waals surface area contributed by atoms with Gasteiger partial charge in [0.15, 0.2) is 5.13 Å². The van der Waals surface area contributed by atoms with Gasteiger partial charge in [0.05, 0.1) is 21.0 Å². The van der Waals surface area contributed by atoms with Crippen LogP contribution in [-0.2, 0) is 9.59 Å². The average Bonchev–Trinajstić information content (AvgIpc) is 3.51. The number of halogens is 4. The van der Waals surface area contributed by atoms with E-state index in [1.807, 2.05) is 0 Å². The van der Waals surface area contributed by atoms with E-state index < -0.39 is 22.9 Å². The summed E-state index contributed by atoms with van der Waals surface area (Å²) in [4.78, 5) is 44.3. The molecule has 5 aromatic rings. The summed E-state index contributed by atoms with van der Waals surface area (Å²) in [7, 11) is 0. The van der Waals surface area contributed by atoms with Crippen LogP contribution in [0.4, 0.5) is 15.2 Å². The van der Waals surface area contributed by atoms with Gasteiger partial charge in [0, 0.05) is 37.7 Å². The molecule has 1 aromatic heterocycles. The number of aromatic nitrogens is 1. The number of carbonyl (C=O) groups is 3. The minimum atomic E-state index is -0.690. The van der Waals surface area contributed by atoms with E-state index in [9.17, 15) is 18.8 Å². The number of anilines is 2. The van der Waals surface area contributed by atoms with Crippen molar-refractivity contribution in [3.8, 4) is 11.3 Å². The molecule has 0 spiro atoms. The van der Waals surface area contributed by atoms with E-state index in [2.05, 4.69) is 20.9 Å². The first-order valence-corrected chi connectivity index (χ1v) is 16.8. The van der Waals surface area contributed by atoms with Crippen LogP contribution in [0.2, 0.25) is 15.1 Å². The van der Waals surface area contributed by atoms with Crippen molar-refractivity contribution in [3.05, 3.63) is 134 Å². The lowest BCUT2D eigenvalue weighted by Crippen LogP contribution is -2.30. The Morgan fingerprint density at radius 3 is 2.34 bits per heavy atom. The van der Waals surface area contributed by atoms with Crippen LogP contribution in [0.25, 0.3) is 17.3 Å². The molecule has 1 atom stereocenters. The van der Waals surface area contributed by atoms with Crippen LogP contribution in [-0.4, -0.2) is 28.0 Å². The van der Waals surface area contributed by atoms with Gasteiger partial charge in [0.2, 0.25) is 5.91 Å². The van der Waals surface area contributed by atoms with Gasteiger partial charge in [0.25, 0.3) is 11.8 Å². The first-order chi connectivity index (χ1) is 22.6. The van der Waals surface area contributed by atoms with E-state index in [1.165, 1.54) is 47.4 Å². The highest BCUT2D eigenvalue weighted by Gasteiger charge is 2.19. The molecule has 238 valence electrons. The van der Waals surface area contributed by atoms with E-state index >= 15 is 0 Å². The minimum absolute atomic E-state index is 0.0468. The molecule has 1 unspecified atom stereocenters. The summed E-state index contributed by atoms with van der Waals surface area (Å²) in [5, 5.41) is 10.9. The third kappa shape index (κ3) is 9.00. The maximum atomic E-state index is 14.6. The van der Waals surface area contributed by atoms with Crippen molar-refractivity contribution in [2.45, 2.75) is 17.1 Å². The Morgan fingerprint density at radius 1 is 0.894 bits per heavy atom. The molecule has 0 saturated carbocycles. The lowest BCUT2D eigenvalue weighted by atomic mass is 10.1. The zero-order chi connectivity index (χ0) is 33.5. The van der Waals surface area contributed by atoms with Crippen molar-refractivity contribution in [3.63, 3.8) is 0 Å². The van der Waals surface area contributed by atoms with E-state index in [1.54, 1.807) is 85.1 Å². The second kappa shape index (κ2) is 15.6. The minimum Gasteiger partial charge on any atom is -0.321 e. The highest BCUT2D eigenvalue weighted by atomic mass is 35.5. The second-order valence-corrected chi connectivity index (χ2v) is 13.4. The molecule has 0 bridgehead atoms. The van der Waals surface area contributed by atoms with Crippen LogP contribution < -0.4 is 16.0 Å². The van der Waals surface area contributed by atoms with Gasteiger partial charge in [-0.3, -0.25) is 14.4 Å². The SMILES string of the molecule is CC(Sc1ccc(NC(=O)/C(=C/c2c(F)cccc2Cl)NC(=O)c2ccccc2)cc1)C(=O)Nc1nc(-c2ccc(Cl)cc2Cl)cs1. The van der Waals surface area contributed by atoms with Crippen molar-refractivity contribution in [2.24, 2.45) is 0 Å². The largest absolute Gasteiger partial charge is 0.321 e. The molecule has 0 aliphatic rings. The fourth-order valence-electron chi connectivity index (χ4n) is 4.17. The van der Waals surface area contributed by atoms with Gasteiger partial charge >= 0.3 is 0 Å². The summed E-state index contributed by atoms with van der Waals surface area (Å²) in [5.41, 5.74) is 1.80. The first-order valence-electron chi connectivity index (χ1n) is 13.9. The number of carbonyl (C=O) groups excluding carboxylic acids is 3. The molecular weight excluding hydrogens is 702 g/mol. The van der Waals surface area contributed by atoms with Gasteiger partial charge in [0.1, 0.15) is 11.5 Å². The van der Waals surface area contributed by atoms with Crippen LogP contribution in [0.15, 0.2) is 107 Å². The Balaban J connectivity index is 1.23. The molecule has 3 N–H and O–H groups in total. The smallest absolute Gasteiger partial charge is 0.272 e. The molecule has 3 amide bonds. The molecule has 0 saturated heterocycles. The van der Waals surface area contributed by atoms with E-state index in [-0.39, 0.29) is 22.2 Å². The van der Waals surface area contributed by atoms with Crippen LogP contribution >= 0.6 is 57.9 Å². The van der Waals surface area contributed by atoms with E-state index in [4.69, 9.17) is 34.8 Å². The molecular formula is C34H24Cl3FN4O3S2. The van der Waals surface area contributed by atoms with Gasteiger partial charge in [-0.25, -0.2) is 9.37 Å². The first kappa shape index (κ1) is 34.2. The van der Waals surface area contributed by atoms with Gasteiger partial charge in [-0.15, -0.1) is 23.1 Å². The highest BCUT2D eigenvalue weighted by molar-refractivity contribution is 8.00. The third-order valence-electron chi connectivity index (χ3n) is 6.55. The number of rotatable bonds is 10. The fourth-order valence-corrected chi connectivity index (χ4v) is 6.47. The topological polar surface area (TPSA) is 100 Å². The van der Waals surface area contributed by atoms with Crippen molar-refractivity contribution in [1.82, 2.24) is 10.3 Å².